The van der Waals surface area contributed by atoms with Crippen LogP contribution in [0.3, 0.4) is 0 Å². The molecule has 2 heterocycles. The summed E-state index contributed by atoms with van der Waals surface area (Å²) in [6, 6.07) is 10.4. The third-order valence-corrected chi connectivity index (χ3v) is 5.60. The Morgan fingerprint density at radius 3 is 2.40 bits per heavy atom. The fourth-order valence-electron chi connectivity index (χ4n) is 2.51. The number of anilines is 1. The monoisotopic (exact) mass is 424 g/mol. The highest BCUT2D eigenvalue weighted by Gasteiger charge is 2.20. The molecule has 0 bridgehead atoms. The Bertz CT molecular complexity index is 793. The molecule has 1 aliphatic rings. The van der Waals surface area contributed by atoms with E-state index in [9.17, 15) is 13.8 Å². The van der Waals surface area contributed by atoms with Gasteiger partial charge >= 0.3 is 0 Å². The summed E-state index contributed by atoms with van der Waals surface area (Å²) in [5.74, 6) is 1.03. The van der Waals surface area contributed by atoms with Crippen molar-refractivity contribution in [3.63, 3.8) is 0 Å². The maximum atomic E-state index is 12.3. The Labute approximate surface area is 156 Å². The van der Waals surface area contributed by atoms with Gasteiger partial charge in [0.05, 0.1) is 6.42 Å². The van der Waals surface area contributed by atoms with E-state index in [0.717, 1.165) is 5.56 Å². The van der Waals surface area contributed by atoms with E-state index < -0.39 is 10.8 Å². The van der Waals surface area contributed by atoms with Crippen LogP contribution in [0.4, 0.5) is 5.69 Å². The van der Waals surface area contributed by atoms with Gasteiger partial charge < -0.3 is 14.6 Å². The van der Waals surface area contributed by atoms with Gasteiger partial charge in [0.1, 0.15) is 0 Å². The Morgan fingerprint density at radius 1 is 1.12 bits per heavy atom. The van der Waals surface area contributed by atoms with Gasteiger partial charge in [-0.2, -0.15) is 0 Å². The molecular formula is C17H17BrN2O4S. The average molecular weight is 425 g/mol. The summed E-state index contributed by atoms with van der Waals surface area (Å²) in [6.45, 7) is 1.11. The van der Waals surface area contributed by atoms with E-state index in [1.165, 1.54) is 0 Å². The second-order valence-corrected chi connectivity index (χ2v) is 8.14. The quantitative estimate of drug-likeness (QED) is 0.816. The van der Waals surface area contributed by atoms with Gasteiger partial charge in [0.2, 0.25) is 5.91 Å². The van der Waals surface area contributed by atoms with E-state index in [4.69, 9.17) is 4.42 Å². The Balaban J connectivity index is 1.56. The molecule has 0 saturated carbocycles. The SMILES string of the molecule is O=C(Nc1ccc(CC(=O)N2CCS(=O)CC2)cc1)c1ccc(Br)o1. The van der Waals surface area contributed by atoms with Gasteiger partial charge in [-0.1, -0.05) is 12.1 Å². The van der Waals surface area contributed by atoms with Gasteiger partial charge in [0, 0.05) is 41.1 Å². The summed E-state index contributed by atoms with van der Waals surface area (Å²) in [4.78, 5) is 26.0. The largest absolute Gasteiger partial charge is 0.444 e. The van der Waals surface area contributed by atoms with Crippen LogP contribution < -0.4 is 5.32 Å². The fourth-order valence-corrected chi connectivity index (χ4v) is 3.87. The lowest BCUT2D eigenvalue weighted by atomic mass is 10.1. The zero-order valence-electron chi connectivity index (χ0n) is 13.4. The minimum absolute atomic E-state index is 0.0360. The summed E-state index contributed by atoms with van der Waals surface area (Å²) < 4.78 is 17.0. The van der Waals surface area contributed by atoms with Crippen LogP contribution in [0.5, 0.6) is 0 Å². The van der Waals surface area contributed by atoms with Gasteiger partial charge in [0.15, 0.2) is 10.4 Å². The number of carbonyl (C=O) groups excluding carboxylic acids is 2. The van der Waals surface area contributed by atoms with Crippen LogP contribution >= 0.6 is 15.9 Å². The normalized spacial score (nSPS) is 15.2. The number of nitrogens with one attached hydrogen (secondary N) is 1. The van der Waals surface area contributed by atoms with Crippen molar-refractivity contribution in [3.05, 3.63) is 52.4 Å². The van der Waals surface area contributed by atoms with Crippen LogP contribution in [0, 0.1) is 0 Å². The molecule has 0 spiro atoms. The predicted molar refractivity (Wildman–Crippen MR) is 99.0 cm³/mol. The Morgan fingerprint density at radius 2 is 1.80 bits per heavy atom. The minimum atomic E-state index is -0.792. The smallest absolute Gasteiger partial charge is 0.291 e. The van der Waals surface area contributed by atoms with Crippen molar-refractivity contribution in [2.24, 2.45) is 0 Å². The molecule has 25 heavy (non-hydrogen) atoms. The molecule has 1 aliphatic heterocycles. The average Bonchev–Trinajstić information content (AvgIpc) is 3.04. The van der Waals surface area contributed by atoms with Crippen LogP contribution in [0.1, 0.15) is 16.1 Å². The molecule has 0 atom stereocenters. The van der Waals surface area contributed by atoms with Gasteiger partial charge in [-0.25, -0.2) is 0 Å². The Hall–Kier alpha value is -1.93. The number of amides is 2. The van der Waals surface area contributed by atoms with Crippen molar-refractivity contribution in [3.8, 4) is 0 Å². The molecule has 1 aromatic carbocycles. The van der Waals surface area contributed by atoms with Gasteiger partial charge in [-0.3, -0.25) is 13.8 Å². The number of furan rings is 1. The predicted octanol–water partition coefficient (Wildman–Crippen LogP) is 2.43. The van der Waals surface area contributed by atoms with Crippen molar-refractivity contribution in [1.29, 1.82) is 0 Å². The van der Waals surface area contributed by atoms with Crippen LogP contribution in [0.25, 0.3) is 0 Å². The third-order valence-electron chi connectivity index (χ3n) is 3.89. The molecule has 6 nitrogen and oxygen atoms in total. The highest BCUT2D eigenvalue weighted by Crippen LogP contribution is 2.17. The van der Waals surface area contributed by atoms with E-state index in [0.29, 0.717) is 41.4 Å². The summed E-state index contributed by atoms with van der Waals surface area (Å²) in [6.07, 6.45) is 0.298. The van der Waals surface area contributed by atoms with Gasteiger partial charge in [-0.05, 0) is 45.8 Å². The molecule has 1 N–H and O–H groups in total. The van der Waals surface area contributed by atoms with Crippen LogP contribution in [-0.4, -0.2) is 45.5 Å². The van der Waals surface area contributed by atoms with Crippen LogP contribution in [0.2, 0.25) is 0 Å². The molecule has 1 saturated heterocycles. The molecule has 1 fully saturated rings. The number of rotatable bonds is 4. The zero-order valence-corrected chi connectivity index (χ0v) is 15.8. The molecule has 0 radical (unpaired) electrons. The topological polar surface area (TPSA) is 79.6 Å². The van der Waals surface area contributed by atoms with Crippen LogP contribution in [-0.2, 0) is 22.0 Å². The van der Waals surface area contributed by atoms with Crippen molar-refractivity contribution in [1.82, 2.24) is 4.90 Å². The second kappa shape index (κ2) is 7.97. The first kappa shape index (κ1) is 17.9. The number of benzene rings is 1. The van der Waals surface area contributed by atoms with E-state index in [-0.39, 0.29) is 17.6 Å². The zero-order chi connectivity index (χ0) is 17.8. The molecule has 8 heteroatoms. The first-order valence-corrected chi connectivity index (χ1v) is 10.1. The molecular weight excluding hydrogens is 408 g/mol. The minimum Gasteiger partial charge on any atom is -0.444 e. The molecule has 2 aromatic rings. The third kappa shape index (κ3) is 4.79. The van der Waals surface area contributed by atoms with Crippen LogP contribution in [0.15, 0.2) is 45.5 Å². The molecule has 1 aromatic heterocycles. The maximum Gasteiger partial charge on any atom is 0.291 e. The van der Waals surface area contributed by atoms with Crippen molar-refractivity contribution in [2.45, 2.75) is 6.42 Å². The molecule has 3 rings (SSSR count). The first-order valence-electron chi connectivity index (χ1n) is 7.79. The van der Waals surface area contributed by atoms with Gasteiger partial charge in [0.25, 0.3) is 5.91 Å². The van der Waals surface area contributed by atoms with Crippen molar-refractivity contribution < 1.29 is 18.2 Å². The number of nitrogens with zero attached hydrogens (tertiary/aromatic N) is 1. The second-order valence-electron chi connectivity index (χ2n) is 5.66. The maximum absolute atomic E-state index is 12.3. The number of hydrogen-bond donors (Lipinski definition) is 1. The number of hydrogen-bond acceptors (Lipinski definition) is 4. The van der Waals surface area contributed by atoms with Crippen molar-refractivity contribution >= 4 is 44.2 Å². The fraction of sp³-hybridized carbons (Fsp3) is 0.294. The Kier molecular flexibility index (Phi) is 5.70. The first-order chi connectivity index (χ1) is 12.0. The highest BCUT2D eigenvalue weighted by atomic mass is 79.9. The van der Waals surface area contributed by atoms with E-state index in [2.05, 4.69) is 21.2 Å². The molecule has 2 amide bonds. The highest BCUT2D eigenvalue weighted by molar-refractivity contribution is 9.10. The van der Waals surface area contributed by atoms with E-state index >= 15 is 0 Å². The lowest BCUT2D eigenvalue weighted by Crippen LogP contribution is -2.42. The number of carbonyl (C=O) groups is 2. The molecule has 0 aliphatic carbocycles. The van der Waals surface area contributed by atoms with E-state index in [1.807, 2.05) is 12.1 Å². The molecule has 0 unspecified atom stereocenters. The standard InChI is InChI=1S/C17H17BrN2O4S/c18-15-6-5-14(24-15)17(22)19-13-3-1-12(2-4-13)11-16(21)20-7-9-25(23)10-8-20/h1-6H,7-11H2,(H,19,22). The number of halogens is 1. The summed E-state index contributed by atoms with van der Waals surface area (Å²) in [7, 11) is -0.792. The lowest BCUT2D eigenvalue weighted by Gasteiger charge is -2.26. The van der Waals surface area contributed by atoms with Crippen molar-refractivity contribution in [2.75, 3.05) is 29.9 Å². The van der Waals surface area contributed by atoms with Gasteiger partial charge in [-0.15, -0.1) is 0 Å². The summed E-state index contributed by atoms with van der Waals surface area (Å²) >= 11 is 3.15. The molecule has 132 valence electrons. The summed E-state index contributed by atoms with van der Waals surface area (Å²) in [5.41, 5.74) is 1.50. The summed E-state index contributed by atoms with van der Waals surface area (Å²) in [5, 5.41) is 2.74. The van der Waals surface area contributed by atoms with E-state index in [1.54, 1.807) is 29.2 Å². The lowest BCUT2D eigenvalue weighted by molar-refractivity contribution is -0.130.